The molecule has 0 aliphatic heterocycles. The van der Waals surface area contributed by atoms with Gasteiger partial charge in [0.25, 0.3) is 0 Å². The molecule has 1 amide bonds. The summed E-state index contributed by atoms with van der Waals surface area (Å²) in [5, 5.41) is 4.78. The van der Waals surface area contributed by atoms with Crippen LogP contribution in [0.1, 0.15) is 11.3 Å². The second-order valence-electron chi connectivity index (χ2n) is 5.64. The molecule has 2 N–H and O–H groups in total. The van der Waals surface area contributed by atoms with Gasteiger partial charge in [0, 0.05) is 24.6 Å². The summed E-state index contributed by atoms with van der Waals surface area (Å²) in [4.78, 5) is 22.7. The van der Waals surface area contributed by atoms with E-state index in [9.17, 15) is 22.4 Å². The van der Waals surface area contributed by atoms with Gasteiger partial charge in [-0.25, -0.2) is 19.2 Å². The summed E-state index contributed by atoms with van der Waals surface area (Å²) in [7, 11) is 0. The minimum absolute atomic E-state index is 0.0305. The Morgan fingerprint density at radius 1 is 1.14 bits per heavy atom. The maximum atomic E-state index is 13.3. The van der Waals surface area contributed by atoms with Crippen LogP contribution in [0, 0.1) is 5.82 Å². The van der Waals surface area contributed by atoms with Gasteiger partial charge in [-0.1, -0.05) is 6.07 Å². The van der Waals surface area contributed by atoms with E-state index < -0.39 is 35.5 Å². The summed E-state index contributed by atoms with van der Waals surface area (Å²) in [6, 6.07) is 8.28. The highest BCUT2D eigenvalue weighted by Gasteiger charge is 2.38. The molecule has 150 valence electrons. The highest BCUT2D eigenvalue weighted by atomic mass is 19.4. The first-order chi connectivity index (χ1) is 13.8. The van der Waals surface area contributed by atoms with E-state index in [1.165, 1.54) is 30.6 Å². The number of rotatable bonds is 5. The number of pyridine rings is 1. The molecule has 0 atom stereocenters. The van der Waals surface area contributed by atoms with Gasteiger partial charge < -0.3 is 15.4 Å². The van der Waals surface area contributed by atoms with Crippen LogP contribution < -0.4 is 15.4 Å². The largest absolute Gasteiger partial charge is 0.437 e. The van der Waals surface area contributed by atoms with Gasteiger partial charge in [-0.3, -0.25) is 4.98 Å². The average Bonchev–Trinajstić information content (AvgIpc) is 2.68. The van der Waals surface area contributed by atoms with Gasteiger partial charge in [0.1, 0.15) is 5.82 Å². The molecule has 1 aromatic carbocycles. The van der Waals surface area contributed by atoms with Crippen molar-refractivity contribution in [3.05, 3.63) is 72.1 Å². The molecule has 0 radical (unpaired) electrons. The van der Waals surface area contributed by atoms with Crippen molar-refractivity contribution in [3.8, 4) is 5.75 Å². The fraction of sp³-hybridized carbons (Fsp3) is 0.111. The number of halogens is 4. The molecule has 0 aliphatic rings. The maximum Gasteiger partial charge on any atom is 0.437 e. The average molecular weight is 407 g/mol. The van der Waals surface area contributed by atoms with Crippen LogP contribution in [0.5, 0.6) is 5.75 Å². The Kier molecular flexibility index (Phi) is 5.86. The molecule has 3 rings (SSSR count). The maximum absolute atomic E-state index is 13.3. The number of carbonyl (C=O) groups excluding carboxylic acids is 1. The smallest absolute Gasteiger partial charge is 0.406 e. The van der Waals surface area contributed by atoms with Crippen LogP contribution in [-0.4, -0.2) is 21.0 Å². The predicted octanol–water partition coefficient (Wildman–Crippen LogP) is 4.06. The summed E-state index contributed by atoms with van der Waals surface area (Å²) in [6.07, 6.45) is -2.31. The monoisotopic (exact) mass is 407 g/mol. The zero-order chi connectivity index (χ0) is 20.9. The van der Waals surface area contributed by atoms with Gasteiger partial charge in [0.2, 0.25) is 5.95 Å². The first kappa shape index (κ1) is 20.0. The lowest BCUT2D eigenvalue weighted by atomic mass is 10.3. The number of nitrogens with one attached hydrogen (secondary N) is 2. The normalized spacial score (nSPS) is 11.0. The Morgan fingerprint density at radius 2 is 1.90 bits per heavy atom. The standard InChI is InChI=1S/C18H13F4N5O2/c19-12-2-1-3-13(8-12)26-16-24-10-14(15(27-16)18(20,21)22)29-17(28)25-9-11-4-6-23-7-5-11/h1-8,10H,9H2,(H,25,28)(H,24,26,27). The number of nitrogens with zero attached hydrogens (tertiary/aromatic N) is 3. The fourth-order valence-electron chi connectivity index (χ4n) is 2.21. The van der Waals surface area contributed by atoms with Crippen molar-refractivity contribution in [2.24, 2.45) is 0 Å². The summed E-state index contributed by atoms with van der Waals surface area (Å²) in [5.74, 6) is -1.89. The molecule has 0 bridgehead atoms. The van der Waals surface area contributed by atoms with Crippen molar-refractivity contribution >= 4 is 17.7 Å². The van der Waals surface area contributed by atoms with Crippen molar-refractivity contribution in [3.63, 3.8) is 0 Å². The zero-order valence-electron chi connectivity index (χ0n) is 14.6. The number of carbonyl (C=O) groups is 1. The van der Waals surface area contributed by atoms with E-state index >= 15 is 0 Å². The van der Waals surface area contributed by atoms with Crippen LogP contribution in [0.15, 0.2) is 55.0 Å². The molecule has 2 heterocycles. The van der Waals surface area contributed by atoms with E-state index in [0.29, 0.717) is 11.8 Å². The molecule has 0 unspecified atom stereocenters. The van der Waals surface area contributed by atoms with Crippen molar-refractivity contribution < 1.29 is 27.1 Å². The molecule has 2 aromatic heterocycles. The van der Waals surface area contributed by atoms with Crippen molar-refractivity contribution in [1.82, 2.24) is 20.3 Å². The predicted molar refractivity (Wildman–Crippen MR) is 93.8 cm³/mol. The molecule has 0 fully saturated rings. The number of ether oxygens (including phenoxy) is 1. The number of benzene rings is 1. The third-order valence-corrected chi connectivity index (χ3v) is 3.49. The Balaban J connectivity index is 1.74. The zero-order valence-corrected chi connectivity index (χ0v) is 14.6. The van der Waals surface area contributed by atoms with Gasteiger partial charge >= 0.3 is 12.3 Å². The van der Waals surface area contributed by atoms with Crippen LogP contribution >= 0.6 is 0 Å². The van der Waals surface area contributed by atoms with Gasteiger partial charge in [-0.2, -0.15) is 13.2 Å². The molecular formula is C18H13F4N5O2. The van der Waals surface area contributed by atoms with Crippen molar-refractivity contribution in [2.45, 2.75) is 12.7 Å². The molecule has 29 heavy (non-hydrogen) atoms. The number of hydrogen-bond acceptors (Lipinski definition) is 6. The molecule has 11 heteroatoms. The van der Waals surface area contributed by atoms with Crippen molar-refractivity contribution in [1.29, 1.82) is 0 Å². The minimum Gasteiger partial charge on any atom is -0.406 e. The Morgan fingerprint density at radius 3 is 2.59 bits per heavy atom. The van der Waals surface area contributed by atoms with E-state index in [4.69, 9.17) is 4.74 Å². The number of hydrogen-bond donors (Lipinski definition) is 2. The minimum atomic E-state index is -4.91. The van der Waals surface area contributed by atoms with Crippen molar-refractivity contribution in [2.75, 3.05) is 5.32 Å². The number of anilines is 2. The molecular weight excluding hydrogens is 394 g/mol. The SMILES string of the molecule is O=C(NCc1ccncc1)Oc1cnc(Nc2cccc(F)c2)nc1C(F)(F)F. The van der Waals surface area contributed by atoms with Crippen LogP contribution in [0.25, 0.3) is 0 Å². The Bertz CT molecular complexity index is 999. The lowest BCUT2D eigenvalue weighted by molar-refractivity contribution is -0.142. The van der Waals surface area contributed by atoms with Gasteiger partial charge in [0.15, 0.2) is 11.4 Å². The Labute approximate surface area is 161 Å². The second-order valence-corrected chi connectivity index (χ2v) is 5.64. The van der Waals surface area contributed by atoms with E-state index in [0.717, 1.165) is 6.07 Å². The van der Waals surface area contributed by atoms with Crippen LogP contribution in [0.3, 0.4) is 0 Å². The van der Waals surface area contributed by atoms with Crippen LogP contribution in [-0.2, 0) is 12.7 Å². The van der Waals surface area contributed by atoms with E-state index in [2.05, 4.69) is 25.6 Å². The first-order valence-corrected chi connectivity index (χ1v) is 8.12. The molecule has 0 saturated carbocycles. The quantitative estimate of drug-likeness (QED) is 0.620. The number of aromatic nitrogens is 3. The summed E-state index contributed by atoms with van der Waals surface area (Å²) >= 11 is 0. The van der Waals surface area contributed by atoms with Gasteiger partial charge in [0.05, 0.1) is 6.20 Å². The van der Waals surface area contributed by atoms with Gasteiger partial charge in [-0.05, 0) is 35.9 Å². The number of amides is 1. The fourth-order valence-corrected chi connectivity index (χ4v) is 2.21. The summed E-state index contributed by atoms with van der Waals surface area (Å²) in [5.41, 5.74) is -0.619. The summed E-state index contributed by atoms with van der Waals surface area (Å²) < 4.78 is 57.9. The highest BCUT2D eigenvalue weighted by Crippen LogP contribution is 2.35. The van der Waals surface area contributed by atoms with Crippen LogP contribution in [0.4, 0.5) is 34.0 Å². The second kappa shape index (κ2) is 8.50. The van der Waals surface area contributed by atoms with E-state index in [1.807, 2.05) is 0 Å². The van der Waals surface area contributed by atoms with Crippen LogP contribution in [0.2, 0.25) is 0 Å². The number of alkyl halides is 3. The summed E-state index contributed by atoms with van der Waals surface area (Å²) in [6.45, 7) is 0.0305. The molecule has 0 saturated heterocycles. The molecule has 7 nitrogen and oxygen atoms in total. The molecule has 0 aliphatic carbocycles. The Hall–Kier alpha value is -3.76. The lowest BCUT2D eigenvalue weighted by Crippen LogP contribution is -2.27. The molecule has 0 spiro atoms. The topological polar surface area (TPSA) is 89.0 Å². The third-order valence-electron chi connectivity index (χ3n) is 3.49. The van der Waals surface area contributed by atoms with E-state index in [1.54, 1.807) is 12.1 Å². The molecule has 3 aromatic rings. The third kappa shape index (κ3) is 5.61. The lowest BCUT2D eigenvalue weighted by Gasteiger charge is -2.14. The first-order valence-electron chi connectivity index (χ1n) is 8.12. The van der Waals surface area contributed by atoms with E-state index in [-0.39, 0.29) is 12.2 Å². The van der Waals surface area contributed by atoms with Gasteiger partial charge in [-0.15, -0.1) is 0 Å². The highest BCUT2D eigenvalue weighted by molar-refractivity contribution is 5.70.